The molecule has 0 spiro atoms. The highest BCUT2D eigenvalue weighted by Gasteiger charge is 1.99. The Morgan fingerprint density at radius 3 is 2.57 bits per heavy atom. The smallest absolute Gasteiger partial charge is 0.0613 e. The predicted octanol–water partition coefficient (Wildman–Crippen LogP) is 2.39. The van der Waals surface area contributed by atoms with Gasteiger partial charge in [0.05, 0.1) is 6.61 Å². The van der Waals surface area contributed by atoms with E-state index in [0.29, 0.717) is 6.04 Å². The number of hydrogen-bond donors (Lipinski definition) is 1. The molecular weight excluding hydrogens is 194 g/mol. The van der Waals surface area contributed by atoms with E-state index in [1.54, 1.807) is 7.11 Å². The third kappa shape index (κ3) is 10.4. The standard InChI is InChI=1S/C11H25NOS/c1-10(2)9-14-7-5-6-12-11(3)8-13-4/h10-12H,5-9H2,1-4H3. The van der Waals surface area contributed by atoms with Gasteiger partial charge in [-0.3, -0.25) is 0 Å². The van der Waals surface area contributed by atoms with E-state index in [-0.39, 0.29) is 0 Å². The molecule has 0 rings (SSSR count). The van der Waals surface area contributed by atoms with Crippen LogP contribution < -0.4 is 5.32 Å². The lowest BCUT2D eigenvalue weighted by Crippen LogP contribution is -2.31. The second-order valence-electron chi connectivity index (χ2n) is 4.13. The lowest BCUT2D eigenvalue weighted by Gasteiger charge is -2.12. The van der Waals surface area contributed by atoms with E-state index in [9.17, 15) is 0 Å². The van der Waals surface area contributed by atoms with Gasteiger partial charge >= 0.3 is 0 Å². The number of methoxy groups -OCH3 is 1. The van der Waals surface area contributed by atoms with Crippen LogP contribution in [0.3, 0.4) is 0 Å². The Hall–Kier alpha value is 0.270. The van der Waals surface area contributed by atoms with Crippen LogP contribution >= 0.6 is 11.8 Å². The molecule has 0 aliphatic rings. The Labute approximate surface area is 93.2 Å². The van der Waals surface area contributed by atoms with Crippen LogP contribution in [0.4, 0.5) is 0 Å². The van der Waals surface area contributed by atoms with Crippen LogP contribution in [-0.2, 0) is 4.74 Å². The predicted molar refractivity (Wildman–Crippen MR) is 66.1 cm³/mol. The molecule has 86 valence electrons. The van der Waals surface area contributed by atoms with Crippen molar-refractivity contribution in [2.45, 2.75) is 33.2 Å². The fraction of sp³-hybridized carbons (Fsp3) is 1.00. The molecule has 0 aliphatic heterocycles. The summed E-state index contributed by atoms with van der Waals surface area (Å²) in [6.45, 7) is 8.61. The van der Waals surface area contributed by atoms with Crippen LogP contribution in [0.5, 0.6) is 0 Å². The quantitative estimate of drug-likeness (QED) is 0.602. The minimum Gasteiger partial charge on any atom is -0.383 e. The molecule has 0 aliphatic carbocycles. The molecule has 0 bridgehead atoms. The first-order valence-electron chi connectivity index (χ1n) is 5.47. The van der Waals surface area contributed by atoms with Crippen molar-refractivity contribution in [3.05, 3.63) is 0 Å². The van der Waals surface area contributed by atoms with Crippen molar-refractivity contribution in [2.24, 2.45) is 5.92 Å². The molecule has 0 saturated heterocycles. The van der Waals surface area contributed by atoms with Gasteiger partial charge in [-0.15, -0.1) is 0 Å². The second kappa shape index (κ2) is 9.81. The molecule has 0 aromatic carbocycles. The van der Waals surface area contributed by atoms with E-state index < -0.39 is 0 Å². The maximum absolute atomic E-state index is 5.05. The van der Waals surface area contributed by atoms with Gasteiger partial charge in [-0.1, -0.05) is 13.8 Å². The summed E-state index contributed by atoms with van der Waals surface area (Å²) in [5, 5.41) is 3.43. The first-order chi connectivity index (χ1) is 6.66. The van der Waals surface area contributed by atoms with E-state index in [0.717, 1.165) is 19.1 Å². The summed E-state index contributed by atoms with van der Waals surface area (Å²) in [6.07, 6.45) is 1.26. The summed E-state index contributed by atoms with van der Waals surface area (Å²) in [6, 6.07) is 0.482. The first kappa shape index (κ1) is 14.3. The van der Waals surface area contributed by atoms with E-state index in [1.807, 2.05) is 0 Å². The van der Waals surface area contributed by atoms with E-state index in [4.69, 9.17) is 4.74 Å². The molecule has 3 heteroatoms. The van der Waals surface area contributed by atoms with Gasteiger partial charge in [0.25, 0.3) is 0 Å². The fourth-order valence-electron chi connectivity index (χ4n) is 1.15. The van der Waals surface area contributed by atoms with Crippen LogP contribution in [0.2, 0.25) is 0 Å². The summed E-state index contributed by atoms with van der Waals surface area (Å²) in [7, 11) is 1.75. The molecule has 0 fully saturated rings. The van der Waals surface area contributed by atoms with Crippen molar-refractivity contribution in [3.8, 4) is 0 Å². The van der Waals surface area contributed by atoms with Crippen LogP contribution in [0.25, 0.3) is 0 Å². The zero-order chi connectivity index (χ0) is 10.8. The van der Waals surface area contributed by atoms with Crippen molar-refractivity contribution < 1.29 is 4.74 Å². The van der Waals surface area contributed by atoms with Crippen molar-refractivity contribution in [2.75, 3.05) is 31.8 Å². The minimum atomic E-state index is 0.482. The minimum absolute atomic E-state index is 0.482. The second-order valence-corrected chi connectivity index (χ2v) is 5.28. The molecule has 0 amide bonds. The number of ether oxygens (including phenoxy) is 1. The summed E-state index contributed by atoms with van der Waals surface area (Å²) in [5.74, 6) is 3.37. The van der Waals surface area contributed by atoms with Crippen LogP contribution in [0, 0.1) is 5.92 Å². The topological polar surface area (TPSA) is 21.3 Å². The fourth-order valence-corrected chi connectivity index (χ4v) is 2.14. The maximum atomic E-state index is 5.05. The third-order valence-corrected chi connectivity index (χ3v) is 3.31. The van der Waals surface area contributed by atoms with Gasteiger partial charge < -0.3 is 10.1 Å². The third-order valence-electron chi connectivity index (χ3n) is 1.83. The molecule has 0 heterocycles. The number of thioether (sulfide) groups is 1. The number of nitrogens with one attached hydrogen (secondary N) is 1. The summed E-state index contributed by atoms with van der Waals surface area (Å²) in [5.41, 5.74) is 0. The average molecular weight is 219 g/mol. The van der Waals surface area contributed by atoms with Gasteiger partial charge in [-0.25, -0.2) is 0 Å². The van der Waals surface area contributed by atoms with E-state index >= 15 is 0 Å². The molecule has 0 radical (unpaired) electrons. The highest BCUT2D eigenvalue weighted by atomic mass is 32.2. The van der Waals surface area contributed by atoms with Crippen LogP contribution in [0.1, 0.15) is 27.2 Å². The summed E-state index contributed by atoms with van der Waals surface area (Å²) < 4.78 is 5.05. The van der Waals surface area contributed by atoms with Gasteiger partial charge in [-0.2, -0.15) is 11.8 Å². The summed E-state index contributed by atoms with van der Waals surface area (Å²) >= 11 is 2.06. The lowest BCUT2D eigenvalue weighted by atomic mass is 10.3. The van der Waals surface area contributed by atoms with Gasteiger partial charge in [0.1, 0.15) is 0 Å². The van der Waals surface area contributed by atoms with E-state index in [1.165, 1.54) is 17.9 Å². The Kier molecular flexibility index (Phi) is 10.0. The zero-order valence-electron chi connectivity index (χ0n) is 10.0. The normalized spacial score (nSPS) is 13.5. The number of hydrogen-bond acceptors (Lipinski definition) is 3. The molecule has 1 N–H and O–H groups in total. The van der Waals surface area contributed by atoms with Gasteiger partial charge in [-0.05, 0) is 37.3 Å². The van der Waals surface area contributed by atoms with Crippen molar-refractivity contribution in [1.29, 1.82) is 0 Å². The van der Waals surface area contributed by atoms with Crippen molar-refractivity contribution >= 4 is 11.8 Å². The Morgan fingerprint density at radius 2 is 2.00 bits per heavy atom. The van der Waals surface area contributed by atoms with Crippen LogP contribution in [-0.4, -0.2) is 37.8 Å². The average Bonchev–Trinajstić information content (AvgIpc) is 2.11. The van der Waals surface area contributed by atoms with Crippen molar-refractivity contribution in [3.63, 3.8) is 0 Å². The van der Waals surface area contributed by atoms with Gasteiger partial charge in [0.2, 0.25) is 0 Å². The molecule has 1 unspecified atom stereocenters. The van der Waals surface area contributed by atoms with E-state index in [2.05, 4.69) is 37.8 Å². The zero-order valence-corrected chi connectivity index (χ0v) is 10.8. The SMILES string of the molecule is COCC(C)NCCCSCC(C)C. The van der Waals surface area contributed by atoms with Gasteiger partial charge in [0.15, 0.2) is 0 Å². The molecule has 0 saturated carbocycles. The number of rotatable bonds is 9. The maximum Gasteiger partial charge on any atom is 0.0613 e. The molecule has 0 aromatic rings. The molecule has 0 aromatic heterocycles. The Morgan fingerprint density at radius 1 is 1.29 bits per heavy atom. The first-order valence-corrected chi connectivity index (χ1v) is 6.62. The molecule has 14 heavy (non-hydrogen) atoms. The van der Waals surface area contributed by atoms with Crippen molar-refractivity contribution in [1.82, 2.24) is 5.32 Å². The largest absolute Gasteiger partial charge is 0.383 e. The molecule has 1 atom stereocenters. The van der Waals surface area contributed by atoms with Gasteiger partial charge in [0, 0.05) is 13.2 Å². The Balaban J connectivity index is 3.05. The molecule has 2 nitrogen and oxygen atoms in total. The monoisotopic (exact) mass is 219 g/mol. The lowest BCUT2D eigenvalue weighted by molar-refractivity contribution is 0.172. The highest BCUT2D eigenvalue weighted by Crippen LogP contribution is 2.07. The Bertz CT molecular complexity index is 120. The molecular formula is C11H25NOS. The summed E-state index contributed by atoms with van der Waals surface area (Å²) in [4.78, 5) is 0. The van der Waals surface area contributed by atoms with Crippen LogP contribution in [0.15, 0.2) is 0 Å². The highest BCUT2D eigenvalue weighted by molar-refractivity contribution is 7.99.